The summed E-state index contributed by atoms with van der Waals surface area (Å²) in [6, 6.07) is 13.6. The molecule has 1 atom stereocenters. The number of methoxy groups -OCH3 is 1. The summed E-state index contributed by atoms with van der Waals surface area (Å²) in [5.74, 6) is 0.617. The van der Waals surface area contributed by atoms with Gasteiger partial charge in [0.1, 0.15) is 12.4 Å². The summed E-state index contributed by atoms with van der Waals surface area (Å²) in [7, 11) is -0.268. The lowest BCUT2D eigenvalue weighted by Crippen LogP contribution is -2.04. The Bertz CT molecular complexity index is 632. The van der Waals surface area contributed by atoms with Crippen molar-refractivity contribution in [3.05, 3.63) is 59.7 Å². The Hall–Kier alpha value is -2.03. The van der Waals surface area contributed by atoms with Crippen LogP contribution in [-0.4, -0.2) is 19.5 Å². The molecule has 0 bridgehead atoms. The lowest BCUT2D eigenvalue weighted by Gasteiger charge is -2.03. The molecule has 0 aromatic heterocycles. The molecule has 2 rings (SSSR count). The second-order valence-electron chi connectivity index (χ2n) is 4.28. The van der Waals surface area contributed by atoms with E-state index in [1.807, 2.05) is 0 Å². The molecule has 0 aliphatic carbocycles. The van der Waals surface area contributed by atoms with E-state index in [2.05, 4.69) is 0 Å². The number of ketones is 1. The molecular formula is C16H16O4P+. The number of benzene rings is 2. The average molecular weight is 303 g/mol. The van der Waals surface area contributed by atoms with Gasteiger partial charge in [-0.25, -0.2) is 0 Å². The van der Waals surface area contributed by atoms with Gasteiger partial charge in [0.05, 0.1) is 7.11 Å². The highest BCUT2D eigenvalue weighted by Crippen LogP contribution is 2.22. The van der Waals surface area contributed by atoms with Crippen molar-refractivity contribution in [1.29, 1.82) is 0 Å². The third-order valence-electron chi connectivity index (χ3n) is 2.94. The van der Waals surface area contributed by atoms with Crippen LogP contribution in [-0.2, 0) is 9.09 Å². The molecule has 21 heavy (non-hydrogen) atoms. The zero-order chi connectivity index (χ0) is 15.2. The van der Waals surface area contributed by atoms with E-state index in [9.17, 15) is 9.36 Å². The van der Waals surface area contributed by atoms with E-state index in [-0.39, 0.29) is 5.78 Å². The molecule has 0 heterocycles. The first-order valence-electron chi connectivity index (χ1n) is 6.54. The summed E-state index contributed by atoms with van der Waals surface area (Å²) < 4.78 is 21.8. The standard InChI is InChI=1S/C16H16O4P/c1-3-20-21(18)15-10-6-13(7-11-15)16(17)12-4-8-14(19-2)9-5-12/h4-11H,3H2,1-2H3/q+1. The maximum absolute atomic E-state index is 12.3. The van der Waals surface area contributed by atoms with E-state index in [1.165, 1.54) is 0 Å². The van der Waals surface area contributed by atoms with Gasteiger partial charge >= 0.3 is 8.03 Å². The summed E-state index contributed by atoms with van der Waals surface area (Å²) in [5.41, 5.74) is 1.13. The van der Waals surface area contributed by atoms with Crippen LogP contribution in [0.1, 0.15) is 22.8 Å². The van der Waals surface area contributed by atoms with Gasteiger partial charge in [-0.3, -0.25) is 4.79 Å². The van der Waals surface area contributed by atoms with Gasteiger partial charge in [0.2, 0.25) is 5.30 Å². The predicted octanol–water partition coefficient (Wildman–Crippen LogP) is 3.33. The molecule has 4 nitrogen and oxygen atoms in total. The van der Waals surface area contributed by atoms with Crippen LogP contribution in [0.25, 0.3) is 0 Å². The van der Waals surface area contributed by atoms with Crippen molar-refractivity contribution >= 4 is 19.1 Å². The molecule has 2 aromatic rings. The predicted molar refractivity (Wildman–Crippen MR) is 81.7 cm³/mol. The highest BCUT2D eigenvalue weighted by atomic mass is 31.1. The van der Waals surface area contributed by atoms with Gasteiger partial charge in [0, 0.05) is 11.1 Å². The van der Waals surface area contributed by atoms with Crippen molar-refractivity contribution in [3.8, 4) is 5.75 Å². The van der Waals surface area contributed by atoms with E-state index in [0.717, 1.165) is 0 Å². The van der Waals surface area contributed by atoms with E-state index < -0.39 is 8.03 Å². The molecule has 108 valence electrons. The van der Waals surface area contributed by atoms with Crippen LogP contribution in [0.3, 0.4) is 0 Å². The largest absolute Gasteiger partial charge is 0.548 e. The number of ether oxygens (including phenoxy) is 1. The topological polar surface area (TPSA) is 52.6 Å². The number of carbonyl (C=O) groups is 1. The molecule has 2 aromatic carbocycles. The normalized spacial score (nSPS) is 11.0. The molecular weight excluding hydrogens is 287 g/mol. The molecule has 0 spiro atoms. The smallest absolute Gasteiger partial charge is 0.497 e. The molecule has 0 saturated heterocycles. The maximum atomic E-state index is 12.3. The first-order valence-corrected chi connectivity index (χ1v) is 7.72. The molecule has 5 heteroatoms. The van der Waals surface area contributed by atoms with Gasteiger partial charge in [0.15, 0.2) is 5.78 Å². The molecule has 1 unspecified atom stereocenters. The second-order valence-corrected chi connectivity index (χ2v) is 5.57. The van der Waals surface area contributed by atoms with Gasteiger partial charge in [-0.1, -0.05) is 0 Å². The Morgan fingerprint density at radius 3 is 2.00 bits per heavy atom. The summed E-state index contributed by atoms with van der Waals surface area (Å²) >= 11 is 0. The first-order chi connectivity index (χ1) is 10.2. The summed E-state index contributed by atoms with van der Waals surface area (Å²) in [4.78, 5) is 12.3. The average Bonchev–Trinajstić information content (AvgIpc) is 2.54. The molecule has 0 amide bonds. The van der Waals surface area contributed by atoms with Crippen molar-refractivity contribution in [2.24, 2.45) is 0 Å². The summed E-state index contributed by atoms with van der Waals surface area (Å²) in [5, 5.41) is 0.582. The summed E-state index contributed by atoms with van der Waals surface area (Å²) in [6.07, 6.45) is 0. The van der Waals surface area contributed by atoms with E-state index in [4.69, 9.17) is 9.26 Å². The van der Waals surface area contributed by atoms with Crippen LogP contribution in [0.2, 0.25) is 0 Å². The van der Waals surface area contributed by atoms with Gasteiger partial charge in [-0.05, 0) is 60.0 Å². The summed E-state index contributed by atoms with van der Waals surface area (Å²) in [6.45, 7) is 2.18. The Kier molecular flexibility index (Phi) is 5.20. The van der Waals surface area contributed by atoms with Crippen molar-refractivity contribution in [2.45, 2.75) is 6.92 Å². The van der Waals surface area contributed by atoms with Crippen LogP contribution >= 0.6 is 8.03 Å². The van der Waals surface area contributed by atoms with Gasteiger partial charge < -0.3 is 4.74 Å². The maximum Gasteiger partial charge on any atom is 0.548 e. The SMILES string of the molecule is CCO[P+](=O)c1ccc(C(=O)c2ccc(OC)cc2)cc1. The van der Waals surface area contributed by atoms with Crippen LogP contribution in [0.4, 0.5) is 0 Å². The molecule has 0 saturated carbocycles. The Morgan fingerprint density at radius 2 is 1.52 bits per heavy atom. The molecule has 0 fully saturated rings. The molecule has 0 aliphatic rings. The number of carbonyl (C=O) groups excluding carboxylic acids is 1. The fraction of sp³-hybridized carbons (Fsp3) is 0.188. The zero-order valence-electron chi connectivity index (χ0n) is 11.9. The first kappa shape index (κ1) is 15.4. The third-order valence-corrected chi connectivity index (χ3v) is 4.15. The zero-order valence-corrected chi connectivity index (χ0v) is 12.8. The van der Waals surface area contributed by atoms with Gasteiger partial charge in [0.25, 0.3) is 0 Å². The molecule has 0 N–H and O–H groups in total. The highest BCUT2D eigenvalue weighted by Gasteiger charge is 2.21. The van der Waals surface area contributed by atoms with Gasteiger partial charge in [-0.15, -0.1) is 4.52 Å². The van der Waals surface area contributed by atoms with Crippen LogP contribution in [0.15, 0.2) is 48.5 Å². The number of hydrogen-bond acceptors (Lipinski definition) is 4. The second kappa shape index (κ2) is 7.11. The minimum absolute atomic E-state index is 0.0872. The number of hydrogen-bond donors (Lipinski definition) is 0. The fourth-order valence-corrected chi connectivity index (χ4v) is 2.61. The van der Waals surface area contributed by atoms with Crippen LogP contribution < -0.4 is 10.0 Å². The van der Waals surface area contributed by atoms with E-state index >= 15 is 0 Å². The van der Waals surface area contributed by atoms with Crippen molar-refractivity contribution in [1.82, 2.24) is 0 Å². The lowest BCUT2D eigenvalue weighted by molar-refractivity contribution is 0.103. The minimum atomic E-state index is -1.85. The van der Waals surface area contributed by atoms with E-state index in [0.29, 0.717) is 28.8 Å². The highest BCUT2D eigenvalue weighted by molar-refractivity contribution is 7.48. The molecule has 0 aliphatic heterocycles. The lowest BCUT2D eigenvalue weighted by atomic mass is 10.0. The van der Waals surface area contributed by atoms with Crippen LogP contribution in [0, 0.1) is 0 Å². The Labute approximate surface area is 124 Å². The fourth-order valence-electron chi connectivity index (χ4n) is 1.84. The Balaban J connectivity index is 2.17. The van der Waals surface area contributed by atoms with Crippen molar-refractivity contribution in [3.63, 3.8) is 0 Å². The van der Waals surface area contributed by atoms with Gasteiger partial charge in [-0.2, -0.15) is 0 Å². The third kappa shape index (κ3) is 3.75. The van der Waals surface area contributed by atoms with Crippen molar-refractivity contribution < 1.29 is 18.6 Å². The number of rotatable bonds is 6. The molecule has 0 radical (unpaired) electrons. The quantitative estimate of drug-likeness (QED) is 0.607. The minimum Gasteiger partial charge on any atom is -0.497 e. The Morgan fingerprint density at radius 1 is 1.00 bits per heavy atom. The van der Waals surface area contributed by atoms with Crippen molar-refractivity contribution in [2.75, 3.05) is 13.7 Å². The van der Waals surface area contributed by atoms with Crippen LogP contribution in [0.5, 0.6) is 5.75 Å². The monoisotopic (exact) mass is 303 g/mol. The van der Waals surface area contributed by atoms with E-state index in [1.54, 1.807) is 62.6 Å².